The quantitative estimate of drug-likeness (QED) is 0.219. The van der Waals surface area contributed by atoms with E-state index in [-0.39, 0.29) is 29.2 Å². The van der Waals surface area contributed by atoms with Gasteiger partial charge in [-0.2, -0.15) is 8.78 Å². The third kappa shape index (κ3) is 5.75. The van der Waals surface area contributed by atoms with Gasteiger partial charge in [-0.1, -0.05) is 31.9 Å². The summed E-state index contributed by atoms with van der Waals surface area (Å²) in [5.74, 6) is -10.2. The maximum absolute atomic E-state index is 15.0. The zero-order valence-corrected chi connectivity index (χ0v) is 19.9. The van der Waals surface area contributed by atoms with Crippen molar-refractivity contribution in [2.24, 2.45) is 5.92 Å². The molecule has 0 bridgehead atoms. The van der Waals surface area contributed by atoms with E-state index in [9.17, 15) is 35.1 Å². The number of alkyl halides is 2. The smallest absolute Gasteiger partial charge is 0.429 e. The molecule has 1 aliphatic rings. The van der Waals surface area contributed by atoms with Gasteiger partial charge >= 0.3 is 6.11 Å². The van der Waals surface area contributed by atoms with Crippen LogP contribution in [0.3, 0.4) is 0 Å². The third-order valence-corrected chi connectivity index (χ3v) is 6.86. The molecule has 3 aromatic rings. The van der Waals surface area contributed by atoms with Crippen LogP contribution in [0, 0.1) is 40.8 Å². The average molecular weight is 528 g/mol. The zero-order chi connectivity index (χ0) is 26.9. The fourth-order valence-corrected chi connectivity index (χ4v) is 5.01. The summed E-state index contributed by atoms with van der Waals surface area (Å²) in [4.78, 5) is 0. The van der Waals surface area contributed by atoms with Crippen molar-refractivity contribution in [3.05, 3.63) is 88.5 Å². The van der Waals surface area contributed by atoms with Gasteiger partial charge in [-0.25, -0.2) is 26.3 Å². The van der Waals surface area contributed by atoms with Gasteiger partial charge < -0.3 is 4.74 Å². The Balaban J connectivity index is 1.57. The molecule has 1 fully saturated rings. The molecule has 0 atom stereocenters. The number of hydrogen-bond donors (Lipinski definition) is 0. The maximum Gasteiger partial charge on any atom is 0.432 e. The van der Waals surface area contributed by atoms with Crippen molar-refractivity contribution in [3.8, 4) is 16.9 Å². The lowest BCUT2D eigenvalue weighted by Crippen LogP contribution is -2.25. The largest absolute Gasteiger partial charge is 0.432 e. The molecular weight excluding hydrogens is 504 g/mol. The molecule has 0 saturated heterocycles. The highest BCUT2D eigenvalue weighted by Crippen LogP contribution is 2.40. The minimum atomic E-state index is -4.72. The molecule has 0 aromatic heterocycles. The summed E-state index contributed by atoms with van der Waals surface area (Å²) in [7, 11) is 0. The van der Waals surface area contributed by atoms with E-state index in [2.05, 4.69) is 11.7 Å². The second kappa shape index (κ2) is 10.7. The average Bonchev–Trinajstić information content (AvgIpc) is 2.82. The highest BCUT2D eigenvalue weighted by Gasteiger charge is 2.41. The Morgan fingerprint density at radius 2 is 1.35 bits per heavy atom. The van der Waals surface area contributed by atoms with Gasteiger partial charge in [0.2, 0.25) is 0 Å². The molecule has 198 valence electrons. The van der Waals surface area contributed by atoms with Crippen molar-refractivity contribution < 1.29 is 39.9 Å². The normalized spacial score (nSPS) is 18.2. The van der Waals surface area contributed by atoms with Crippen LogP contribution in [-0.2, 0) is 6.11 Å². The zero-order valence-electron chi connectivity index (χ0n) is 19.9. The number of hydrogen-bond acceptors (Lipinski definition) is 1. The van der Waals surface area contributed by atoms with Gasteiger partial charge in [-0.15, -0.1) is 0 Å². The number of halogens is 8. The number of benzene rings is 3. The molecule has 0 heterocycles. The van der Waals surface area contributed by atoms with Gasteiger partial charge in [0.15, 0.2) is 17.5 Å². The van der Waals surface area contributed by atoms with Crippen LogP contribution in [0.15, 0.2) is 42.5 Å². The molecule has 37 heavy (non-hydrogen) atoms. The molecule has 0 amide bonds. The Hall–Kier alpha value is -3.10. The molecule has 1 saturated carbocycles. The molecule has 4 rings (SSSR count). The van der Waals surface area contributed by atoms with Gasteiger partial charge in [-0.05, 0) is 66.8 Å². The van der Waals surface area contributed by atoms with E-state index < -0.39 is 52.3 Å². The Bertz CT molecular complexity index is 1240. The lowest BCUT2D eigenvalue weighted by Gasteiger charge is -2.28. The Morgan fingerprint density at radius 3 is 1.89 bits per heavy atom. The lowest BCUT2D eigenvalue weighted by molar-refractivity contribution is -0.189. The van der Waals surface area contributed by atoms with Gasteiger partial charge in [0.1, 0.15) is 28.8 Å². The predicted octanol–water partition coefficient (Wildman–Crippen LogP) is 9.39. The predicted molar refractivity (Wildman–Crippen MR) is 122 cm³/mol. The molecule has 9 heteroatoms. The Morgan fingerprint density at radius 1 is 0.757 bits per heavy atom. The number of ether oxygens (including phenoxy) is 1. The molecule has 0 aliphatic heterocycles. The van der Waals surface area contributed by atoms with Crippen LogP contribution >= 0.6 is 0 Å². The standard InChI is InChI=1S/C28H24F8O/c1-2-3-15-4-6-16(7-5-15)17-8-9-20(21(29)10-17)18-11-22(30)26(23(31)12-18)28(35,36)37-19-13-24(32)27(34)25(33)14-19/h8-16H,2-7H2,1H3. The van der Waals surface area contributed by atoms with Gasteiger partial charge in [0.05, 0.1) is 0 Å². The third-order valence-electron chi connectivity index (χ3n) is 6.86. The summed E-state index contributed by atoms with van der Waals surface area (Å²) in [6, 6.07) is 5.61. The fourth-order valence-electron chi connectivity index (χ4n) is 5.01. The molecule has 0 spiro atoms. The van der Waals surface area contributed by atoms with E-state index in [0.717, 1.165) is 44.1 Å². The van der Waals surface area contributed by atoms with Gasteiger partial charge in [0, 0.05) is 17.7 Å². The molecule has 3 aromatic carbocycles. The van der Waals surface area contributed by atoms with Gasteiger partial charge in [-0.3, -0.25) is 0 Å². The second-order valence-corrected chi connectivity index (χ2v) is 9.38. The minimum Gasteiger partial charge on any atom is -0.429 e. The van der Waals surface area contributed by atoms with E-state index in [1.807, 2.05) is 0 Å². The van der Waals surface area contributed by atoms with Crippen LogP contribution < -0.4 is 4.74 Å². The SMILES string of the molecule is CCCC1CCC(c2ccc(-c3cc(F)c(C(F)(F)Oc4cc(F)c(F)c(F)c4)c(F)c3)c(F)c2)CC1. The van der Waals surface area contributed by atoms with Crippen molar-refractivity contribution in [1.29, 1.82) is 0 Å². The monoisotopic (exact) mass is 528 g/mol. The summed E-state index contributed by atoms with van der Waals surface area (Å²) in [6.07, 6.45) is 1.49. The van der Waals surface area contributed by atoms with Crippen molar-refractivity contribution in [2.75, 3.05) is 0 Å². The Kier molecular flexibility index (Phi) is 7.80. The first-order chi connectivity index (χ1) is 17.5. The summed E-state index contributed by atoms with van der Waals surface area (Å²) >= 11 is 0. The molecule has 0 N–H and O–H groups in total. The number of rotatable bonds is 7. The first-order valence-electron chi connectivity index (χ1n) is 12.0. The van der Waals surface area contributed by atoms with Crippen molar-refractivity contribution in [1.82, 2.24) is 0 Å². The lowest BCUT2D eigenvalue weighted by atomic mass is 9.77. The van der Waals surface area contributed by atoms with Crippen molar-refractivity contribution in [2.45, 2.75) is 57.5 Å². The van der Waals surface area contributed by atoms with Crippen LogP contribution in [0.25, 0.3) is 11.1 Å². The van der Waals surface area contributed by atoms with Crippen LogP contribution in [0.4, 0.5) is 35.1 Å². The van der Waals surface area contributed by atoms with E-state index in [0.29, 0.717) is 18.1 Å². The van der Waals surface area contributed by atoms with E-state index in [4.69, 9.17) is 0 Å². The summed E-state index contributed by atoms with van der Waals surface area (Å²) in [5, 5.41) is 0. The van der Waals surface area contributed by atoms with E-state index >= 15 is 0 Å². The molecule has 0 unspecified atom stereocenters. The highest BCUT2D eigenvalue weighted by molar-refractivity contribution is 5.65. The highest BCUT2D eigenvalue weighted by atomic mass is 19.3. The van der Waals surface area contributed by atoms with Crippen LogP contribution in [-0.4, -0.2) is 0 Å². The Labute approximate surface area is 209 Å². The fraction of sp³-hybridized carbons (Fsp3) is 0.357. The first kappa shape index (κ1) is 26.9. The van der Waals surface area contributed by atoms with E-state index in [1.54, 1.807) is 6.07 Å². The molecule has 1 nitrogen and oxygen atoms in total. The summed E-state index contributed by atoms with van der Waals surface area (Å²) in [5.41, 5.74) is -1.57. The summed E-state index contributed by atoms with van der Waals surface area (Å²) in [6.45, 7) is 2.14. The summed E-state index contributed by atoms with van der Waals surface area (Å²) < 4.78 is 117. The van der Waals surface area contributed by atoms with Crippen molar-refractivity contribution >= 4 is 0 Å². The second-order valence-electron chi connectivity index (χ2n) is 9.38. The van der Waals surface area contributed by atoms with Gasteiger partial charge in [0.25, 0.3) is 0 Å². The molecular formula is C28H24F8O. The van der Waals surface area contributed by atoms with Crippen LogP contribution in [0.2, 0.25) is 0 Å². The van der Waals surface area contributed by atoms with Crippen molar-refractivity contribution in [3.63, 3.8) is 0 Å². The van der Waals surface area contributed by atoms with E-state index in [1.165, 1.54) is 12.1 Å². The molecule has 1 aliphatic carbocycles. The maximum atomic E-state index is 15.0. The minimum absolute atomic E-state index is 0.115. The van der Waals surface area contributed by atoms with Crippen LogP contribution in [0.1, 0.15) is 62.5 Å². The topological polar surface area (TPSA) is 9.23 Å². The van der Waals surface area contributed by atoms with Crippen LogP contribution in [0.5, 0.6) is 5.75 Å². The molecule has 0 radical (unpaired) electrons. The first-order valence-corrected chi connectivity index (χ1v) is 12.0.